The standard InChI is InChI=1S/C7H14O2/c1-6(2)9-5-7-3-4-8-7/h6-7H,3-5H2,1-2H3. The van der Waals surface area contributed by atoms with E-state index < -0.39 is 0 Å². The molecule has 0 radical (unpaired) electrons. The predicted molar refractivity (Wildman–Crippen MR) is 35.4 cm³/mol. The Morgan fingerprint density at radius 2 is 2.33 bits per heavy atom. The molecular weight excluding hydrogens is 116 g/mol. The van der Waals surface area contributed by atoms with Gasteiger partial charge in [0, 0.05) is 6.61 Å². The molecule has 1 unspecified atom stereocenters. The van der Waals surface area contributed by atoms with Crippen molar-refractivity contribution >= 4 is 0 Å². The van der Waals surface area contributed by atoms with Crippen LogP contribution in [0.4, 0.5) is 0 Å². The fourth-order valence-corrected chi connectivity index (χ4v) is 0.716. The largest absolute Gasteiger partial charge is 0.376 e. The van der Waals surface area contributed by atoms with Gasteiger partial charge in [-0.1, -0.05) is 0 Å². The van der Waals surface area contributed by atoms with Crippen LogP contribution in [0.5, 0.6) is 0 Å². The lowest BCUT2D eigenvalue weighted by molar-refractivity contribution is -0.104. The Bertz CT molecular complexity index is 77.0. The van der Waals surface area contributed by atoms with E-state index in [9.17, 15) is 0 Å². The van der Waals surface area contributed by atoms with E-state index in [0.29, 0.717) is 12.2 Å². The highest BCUT2D eigenvalue weighted by Crippen LogP contribution is 2.11. The zero-order valence-corrected chi connectivity index (χ0v) is 6.09. The maximum absolute atomic E-state index is 5.32. The summed E-state index contributed by atoms with van der Waals surface area (Å²) in [6, 6.07) is 0. The van der Waals surface area contributed by atoms with Gasteiger partial charge in [-0.2, -0.15) is 0 Å². The van der Waals surface area contributed by atoms with Gasteiger partial charge in [-0.05, 0) is 20.3 Å². The molecular formula is C7H14O2. The van der Waals surface area contributed by atoms with Gasteiger partial charge in [0.1, 0.15) is 0 Å². The lowest BCUT2D eigenvalue weighted by Gasteiger charge is -2.26. The van der Waals surface area contributed by atoms with Crippen molar-refractivity contribution in [2.75, 3.05) is 13.2 Å². The van der Waals surface area contributed by atoms with Crippen molar-refractivity contribution in [2.24, 2.45) is 0 Å². The summed E-state index contributed by atoms with van der Waals surface area (Å²) in [5, 5.41) is 0. The van der Waals surface area contributed by atoms with Crippen LogP contribution in [0.15, 0.2) is 0 Å². The Morgan fingerprint density at radius 1 is 1.67 bits per heavy atom. The summed E-state index contributed by atoms with van der Waals surface area (Å²) in [6.07, 6.45) is 1.91. The first-order valence-corrected chi connectivity index (χ1v) is 3.52. The molecule has 54 valence electrons. The molecule has 1 aliphatic heterocycles. The number of rotatable bonds is 3. The summed E-state index contributed by atoms with van der Waals surface area (Å²) in [7, 11) is 0. The van der Waals surface area contributed by atoms with Crippen LogP contribution in [0.25, 0.3) is 0 Å². The van der Waals surface area contributed by atoms with E-state index in [2.05, 4.69) is 0 Å². The van der Waals surface area contributed by atoms with Crippen molar-refractivity contribution in [3.05, 3.63) is 0 Å². The fraction of sp³-hybridized carbons (Fsp3) is 1.00. The first kappa shape index (κ1) is 7.03. The summed E-state index contributed by atoms with van der Waals surface area (Å²) in [6.45, 7) is 5.78. The van der Waals surface area contributed by atoms with Gasteiger partial charge in [0.05, 0.1) is 18.8 Å². The zero-order chi connectivity index (χ0) is 6.69. The van der Waals surface area contributed by atoms with Crippen molar-refractivity contribution in [1.82, 2.24) is 0 Å². The molecule has 2 nitrogen and oxygen atoms in total. The second kappa shape index (κ2) is 3.18. The number of hydrogen-bond acceptors (Lipinski definition) is 2. The monoisotopic (exact) mass is 130 g/mol. The highest BCUT2D eigenvalue weighted by atomic mass is 16.5. The summed E-state index contributed by atoms with van der Waals surface area (Å²) >= 11 is 0. The third kappa shape index (κ3) is 2.33. The summed E-state index contributed by atoms with van der Waals surface area (Å²) < 4.78 is 10.5. The number of hydrogen-bond donors (Lipinski definition) is 0. The van der Waals surface area contributed by atoms with Gasteiger partial charge in [0.25, 0.3) is 0 Å². The molecule has 0 bridgehead atoms. The normalized spacial score (nSPS) is 26.3. The minimum Gasteiger partial charge on any atom is -0.376 e. The molecule has 1 saturated heterocycles. The molecule has 0 spiro atoms. The van der Waals surface area contributed by atoms with E-state index in [4.69, 9.17) is 9.47 Å². The summed E-state index contributed by atoms with van der Waals surface area (Å²) in [4.78, 5) is 0. The molecule has 0 amide bonds. The van der Waals surface area contributed by atoms with E-state index >= 15 is 0 Å². The lowest BCUT2D eigenvalue weighted by atomic mass is 10.2. The maximum atomic E-state index is 5.32. The second-order valence-electron chi connectivity index (χ2n) is 2.66. The van der Waals surface area contributed by atoms with Crippen LogP contribution in [0.3, 0.4) is 0 Å². The first-order valence-electron chi connectivity index (χ1n) is 3.52. The summed E-state index contributed by atoms with van der Waals surface area (Å²) in [5.41, 5.74) is 0. The second-order valence-corrected chi connectivity index (χ2v) is 2.66. The first-order chi connectivity index (χ1) is 4.29. The van der Waals surface area contributed by atoms with Crippen LogP contribution in [0.2, 0.25) is 0 Å². The molecule has 9 heavy (non-hydrogen) atoms. The van der Waals surface area contributed by atoms with Crippen LogP contribution in [-0.2, 0) is 9.47 Å². The molecule has 1 atom stereocenters. The van der Waals surface area contributed by atoms with Crippen LogP contribution >= 0.6 is 0 Å². The van der Waals surface area contributed by atoms with Crippen LogP contribution < -0.4 is 0 Å². The van der Waals surface area contributed by atoms with Gasteiger partial charge in [-0.3, -0.25) is 0 Å². The van der Waals surface area contributed by atoms with Crippen LogP contribution in [0, 0.1) is 0 Å². The Balaban J connectivity index is 1.91. The lowest BCUT2D eigenvalue weighted by Crippen LogP contribution is -2.32. The Labute approximate surface area is 56.2 Å². The molecule has 1 fully saturated rings. The van der Waals surface area contributed by atoms with Crippen LogP contribution in [-0.4, -0.2) is 25.4 Å². The van der Waals surface area contributed by atoms with Crippen molar-refractivity contribution in [1.29, 1.82) is 0 Å². The molecule has 1 heterocycles. The SMILES string of the molecule is CC(C)OCC1CCO1. The van der Waals surface area contributed by atoms with Gasteiger partial charge < -0.3 is 9.47 Å². The highest BCUT2D eigenvalue weighted by Gasteiger charge is 2.17. The predicted octanol–water partition coefficient (Wildman–Crippen LogP) is 1.20. The molecule has 1 rings (SSSR count). The maximum Gasteiger partial charge on any atom is 0.0830 e. The Morgan fingerprint density at radius 3 is 2.67 bits per heavy atom. The van der Waals surface area contributed by atoms with Crippen molar-refractivity contribution in [3.63, 3.8) is 0 Å². The Hall–Kier alpha value is -0.0800. The molecule has 1 aliphatic rings. The minimum atomic E-state index is 0.342. The van der Waals surface area contributed by atoms with E-state index in [-0.39, 0.29) is 0 Å². The highest BCUT2D eigenvalue weighted by molar-refractivity contribution is 4.64. The third-order valence-corrected chi connectivity index (χ3v) is 1.41. The molecule has 2 heteroatoms. The zero-order valence-electron chi connectivity index (χ0n) is 6.09. The average molecular weight is 130 g/mol. The quantitative estimate of drug-likeness (QED) is 0.571. The van der Waals surface area contributed by atoms with Gasteiger partial charge >= 0.3 is 0 Å². The van der Waals surface area contributed by atoms with Crippen LogP contribution in [0.1, 0.15) is 20.3 Å². The van der Waals surface area contributed by atoms with E-state index in [0.717, 1.165) is 13.2 Å². The van der Waals surface area contributed by atoms with E-state index in [1.165, 1.54) is 6.42 Å². The smallest absolute Gasteiger partial charge is 0.0830 e. The average Bonchev–Trinajstić information content (AvgIpc) is 1.60. The molecule has 0 saturated carbocycles. The van der Waals surface area contributed by atoms with Gasteiger partial charge in [-0.25, -0.2) is 0 Å². The Kier molecular flexibility index (Phi) is 2.49. The molecule has 0 N–H and O–H groups in total. The van der Waals surface area contributed by atoms with Crippen molar-refractivity contribution in [3.8, 4) is 0 Å². The minimum absolute atomic E-state index is 0.342. The van der Waals surface area contributed by atoms with Crippen molar-refractivity contribution < 1.29 is 9.47 Å². The van der Waals surface area contributed by atoms with Crippen molar-refractivity contribution in [2.45, 2.75) is 32.5 Å². The van der Waals surface area contributed by atoms with Gasteiger partial charge in [0.2, 0.25) is 0 Å². The third-order valence-electron chi connectivity index (χ3n) is 1.41. The van der Waals surface area contributed by atoms with E-state index in [1.54, 1.807) is 0 Å². The molecule has 0 aromatic heterocycles. The molecule has 0 aliphatic carbocycles. The fourth-order valence-electron chi connectivity index (χ4n) is 0.716. The summed E-state index contributed by atoms with van der Waals surface area (Å²) in [5.74, 6) is 0. The topological polar surface area (TPSA) is 18.5 Å². The van der Waals surface area contributed by atoms with Gasteiger partial charge in [0.15, 0.2) is 0 Å². The molecule has 0 aromatic rings. The van der Waals surface area contributed by atoms with E-state index in [1.807, 2.05) is 13.8 Å². The van der Waals surface area contributed by atoms with Gasteiger partial charge in [-0.15, -0.1) is 0 Å². The number of ether oxygens (including phenoxy) is 2. The molecule has 0 aromatic carbocycles.